The lowest BCUT2D eigenvalue weighted by Crippen LogP contribution is -1.93. The van der Waals surface area contributed by atoms with Crippen molar-refractivity contribution >= 4 is 11.6 Å². The average molecular weight is 262 g/mol. The summed E-state index contributed by atoms with van der Waals surface area (Å²) in [7, 11) is 0. The number of nitriles is 1. The van der Waals surface area contributed by atoms with Crippen LogP contribution in [0, 0.1) is 24.1 Å². The first-order chi connectivity index (χ1) is 8.61. The number of hydrogen-bond acceptors (Lipinski definition) is 2. The van der Waals surface area contributed by atoms with Crippen LogP contribution in [-0.4, -0.2) is 0 Å². The molecule has 0 atom stereocenters. The Morgan fingerprint density at radius 2 is 2.00 bits per heavy atom. The van der Waals surface area contributed by atoms with Crippen molar-refractivity contribution in [2.45, 2.75) is 6.92 Å². The monoisotopic (exact) mass is 261 g/mol. The fourth-order valence-corrected chi connectivity index (χ4v) is 1.65. The molecule has 0 N–H and O–H groups in total. The van der Waals surface area contributed by atoms with E-state index in [0.717, 1.165) is 0 Å². The van der Waals surface area contributed by atoms with Gasteiger partial charge >= 0.3 is 0 Å². The first kappa shape index (κ1) is 12.4. The normalized spacial score (nSPS) is 9.89. The topological polar surface area (TPSA) is 33.0 Å². The molecule has 0 spiro atoms. The van der Waals surface area contributed by atoms with Crippen molar-refractivity contribution in [3.63, 3.8) is 0 Å². The highest BCUT2D eigenvalue weighted by molar-refractivity contribution is 6.30. The van der Waals surface area contributed by atoms with Gasteiger partial charge in [0.1, 0.15) is 11.8 Å². The van der Waals surface area contributed by atoms with E-state index in [1.165, 1.54) is 18.2 Å². The third-order valence-electron chi connectivity index (χ3n) is 2.44. The largest absolute Gasteiger partial charge is 0.453 e. The molecule has 0 aromatic heterocycles. The standard InChI is InChI=1S/C14H9ClFNO/c1-9-3-2-4-12(14(9)16)18-13-7-11(15)6-5-10(13)8-17/h2-7H,1H3. The highest BCUT2D eigenvalue weighted by atomic mass is 35.5. The molecular formula is C14H9ClFNO. The minimum Gasteiger partial charge on any atom is -0.453 e. The lowest BCUT2D eigenvalue weighted by molar-refractivity contribution is 0.439. The van der Waals surface area contributed by atoms with Gasteiger partial charge in [-0.05, 0) is 30.7 Å². The molecule has 0 heterocycles. The summed E-state index contributed by atoms with van der Waals surface area (Å²) in [4.78, 5) is 0. The fraction of sp³-hybridized carbons (Fsp3) is 0.0714. The van der Waals surface area contributed by atoms with Gasteiger partial charge in [-0.2, -0.15) is 5.26 Å². The predicted octanol–water partition coefficient (Wildman–Crippen LogP) is 4.45. The van der Waals surface area contributed by atoms with Crippen LogP contribution < -0.4 is 4.74 Å². The van der Waals surface area contributed by atoms with Gasteiger partial charge in [0.15, 0.2) is 11.6 Å². The summed E-state index contributed by atoms with van der Waals surface area (Å²) in [6, 6.07) is 11.4. The van der Waals surface area contributed by atoms with E-state index in [4.69, 9.17) is 21.6 Å². The number of benzene rings is 2. The molecule has 2 aromatic rings. The quantitative estimate of drug-likeness (QED) is 0.800. The van der Waals surface area contributed by atoms with Gasteiger partial charge in [-0.3, -0.25) is 0 Å². The molecule has 0 aliphatic rings. The summed E-state index contributed by atoms with van der Waals surface area (Å²) in [5.74, 6) is -0.121. The van der Waals surface area contributed by atoms with Crippen molar-refractivity contribution in [2.75, 3.05) is 0 Å². The van der Waals surface area contributed by atoms with E-state index in [9.17, 15) is 4.39 Å². The second-order valence-electron chi connectivity index (χ2n) is 3.74. The molecule has 0 radical (unpaired) electrons. The van der Waals surface area contributed by atoms with Crippen LogP contribution in [0.5, 0.6) is 11.5 Å². The molecule has 2 aromatic carbocycles. The van der Waals surface area contributed by atoms with E-state index < -0.39 is 5.82 Å². The van der Waals surface area contributed by atoms with Crippen molar-refractivity contribution in [2.24, 2.45) is 0 Å². The number of hydrogen-bond donors (Lipinski definition) is 0. The van der Waals surface area contributed by atoms with Gasteiger partial charge in [0.25, 0.3) is 0 Å². The van der Waals surface area contributed by atoms with Crippen molar-refractivity contribution in [1.82, 2.24) is 0 Å². The SMILES string of the molecule is Cc1cccc(Oc2cc(Cl)ccc2C#N)c1F. The number of nitrogens with zero attached hydrogens (tertiary/aromatic N) is 1. The minimum absolute atomic E-state index is 0.0776. The first-order valence-corrected chi connectivity index (χ1v) is 5.62. The highest BCUT2D eigenvalue weighted by Gasteiger charge is 2.10. The van der Waals surface area contributed by atoms with Crippen LogP contribution in [0.15, 0.2) is 36.4 Å². The van der Waals surface area contributed by atoms with E-state index in [-0.39, 0.29) is 11.5 Å². The number of halogens is 2. The van der Waals surface area contributed by atoms with E-state index in [0.29, 0.717) is 16.1 Å². The molecule has 2 nitrogen and oxygen atoms in total. The van der Waals surface area contributed by atoms with Crippen LogP contribution in [0.3, 0.4) is 0 Å². The molecule has 0 fully saturated rings. The molecule has 90 valence electrons. The van der Waals surface area contributed by atoms with Gasteiger partial charge < -0.3 is 4.74 Å². The van der Waals surface area contributed by atoms with Crippen LogP contribution in [-0.2, 0) is 0 Å². The molecule has 4 heteroatoms. The third kappa shape index (κ3) is 2.44. The number of rotatable bonds is 2. The Bertz CT molecular complexity index is 634. The second kappa shape index (κ2) is 5.07. The Balaban J connectivity index is 2.43. The molecule has 0 bridgehead atoms. The van der Waals surface area contributed by atoms with Crippen LogP contribution in [0.1, 0.15) is 11.1 Å². The summed E-state index contributed by atoms with van der Waals surface area (Å²) in [5.41, 5.74) is 0.786. The van der Waals surface area contributed by atoms with Gasteiger partial charge in [0, 0.05) is 11.1 Å². The van der Waals surface area contributed by atoms with Crippen molar-refractivity contribution in [1.29, 1.82) is 5.26 Å². The molecule has 0 unspecified atom stereocenters. The Hall–Kier alpha value is -2.05. The van der Waals surface area contributed by atoms with Crippen LogP contribution in [0.4, 0.5) is 4.39 Å². The fourth-order valence-electron chi connectivity index (χ4n) is 1.49. The Morgan fingerprint density at radius 1 is 1.22 bits per heavy atom. The number of ether oxygens (including phenoxy) is 1. The van der Waals surface area contributed by atoms with E-state index in [1.54, 1.807) is 25.1 Å². The maximum absolute atomic E-state index is 13.8. The van der Waals surface area contributed by atoms with E-state index >= 15 is 0 Å². The summed E-state index contributed by atoms with van der Waals surface area (Å²) >= 11 is 5.83. The minimum atomic E-state index is -0.443. The zero-order valence-corrected chi connectivity index (χ0v) is 10.3. The highest BCUT2D eigenvalue weighted by Crippen LogP contribution is 2.30. The Labute approximate surface area is 109 Å². The lowest BCUT2D eigenvalue weighted by Gasteiger charge is -2.09. The first-order valence-electron chi connectivity index (χ1n) is 5.24. The van der Waals surface area contributed by atoms with Crippen molar-refractivity contribution in [3.05, 3.63) is 58.4 Å². The van der Waals surface area contributed by atoms with Gasteiger partial charge in [0.05, 0.1) is 5.56 Å². The van der Waals surface area contributed by atoms with Gasteiger partial charge in [-0.25, -0.2) is 4.39 Å². The molecule has 0 saturated heterocycles. The van der Waals surface area contributed by atoms with Crippen LogP contribution >= 0.6 is 11.6 Å². The zero-order chi connectivity index (χ0) is 13.1. The maximum atomic E-state index is 13.8. The van der Waals surface area contributed by atoms with Crippen molar-refractivity contribution in [3.8, 4) is 17.6 Å². The average Bonchev–Trinajstić information content (AvgIpc) is 2.35. The Kier molecular flexibility index (Phi) is 3.50. The van der Waals surface area contributed by atoms with Crippen molar-refractivity contribution < 1.29 is 9.13 Å². The van der Waals surface area contributed by atoms with Crippen LogP contribution in [0.2, 0.25) is 5.02 Å². The van der Waals surface area contributed by atoms with Gasteiger partial charge in [-0.15, -0.1) is 0 Å². The third-order valence-corrected chi connectivity index (χ3v) is 2.68. The zero-order valence-electron chi connectivity index (χ0n) is 9.58. The second-order valence-corrected chi connectivity index (χ2v) is 4.18. The maximum Gasteiger partial charge on any atom is 0.168 e. The molecule has 2 rings (SSSR count). The molecule has 0 saturated carbocycles. The summed E-state index contributed by atoms with van der Waals surface area (Å²) < 4.78 is 19.2. The molecule has 0 aliphatic heterocycles. The summed E-state index contributed by atoms with van der Waals surface area (Å²) in [6.45, 7) is 1.64. The lowest BCUT2D eigenvalue weighted by atomic mass is 10.2. The molecule has 0 aliphatic carbocycles. The van der Waals surface area contributed by atoms with E-state index in [2.05, 4.69) is 0 Å². The molecule has 18 heavy (non-hydrogen) atoms. The van der Waals surface area contributed by atoms with Gasteiger partial charge in [-0.1, -0.05) is 23.7 Å². The summed E-state index contributed by atoms with van der Waals surface area (Å²) in [6.07, 6.45) is 0. The Morgan fingerprint density at radius 3 is 2.72 bits per heavy atom. The van der Waals surface area contributed by atoms with Crippen LogP contribution in [0.25, 0.3) is 0 Å². The number of aryl methyl sites for hydroxylation is 1. The van der Waals surface area contributed by atoms with Gasteiger partial charge in [0.2, 0.25) is 0 Å². The summed E-state index contributed by atoms with van der Waals surface area (Å²) in [5, 5.41) is 9.37. The predicted molar refractivity (Wildman–Crippen MR) is 67.4 cm³/mol. The van der Waals surface area contributed by atoms with E-state index in [1.807, 2.05) is 6.07 Å². The molecular weight excluding hydrogens is 253 g/mol. The molecule has 0 amide bonds. The smallest absolute Gasteiger partial charge is 0.168 e.